The minimum atomic E-state index is 0.559. The van der Waals surface area contributed by atoms with E-state index in [1.807, 2.05) is 20.8 Å². The van der Waals surface area contributed by atoms with E-state index in [9.17, 15) is 0 Å². The molecule has 0 amide bonds. The highest BCUT2D eigenvalue weighted by molar-refractivity contribution is 5.78. The molecule has 0 aromatic heterocycles. The fraction of sp³-hybridized carbons (Fsp3) is 0.632. The third-order valence-electron chi connectivity index (χ3n) is 3.72. The molecule has 1 aromatic rings. The maximum Gasteiger partial charge on any atom is 0.172 e. The lowest BCUT2D eigenvalue weighted by molar-refractivity contribution is -0.203. The third-order valence-corrected chi connectivity index (χ3v) is 3.72. The van der Waals surface area contributed by atoms with Gasteiger partial charge in [-0.1, -0.05) is 26.0 Å². The molecule has 0 saturated heterocycles. The highest BCUT2D eigenvalue weighted by atomic mass is 17.2. The van der Waals surface area contributed by atoms with Crippen LogP contribution in [0.5, 0.6) is 5.75 Å². The zero-order valence-corrected chi connectivity index (χ0v) is 14.9. The van der Waals surface area contributed by atoms with E-state index in [0.29, 0.717) is 6.61 Å². The number of rotatable bonds is 10. The Labute approximate surface area is 135 Å². The van der Waals surface area contributed by atoms with E-state index >= 15 is 0 Å². The zero-order chi connectivity index (χ0) is 16.4. The number of hydrogen-bond acceptors (Lipinski definition) is 3. The summed E-state index contributed by atoms with van der Waals surface area (Å²) in [6, 6.07) is 4.43. The van der Waals surface area contributed by atoms with Crippen LogP contribution in [0.1, 0.15) is 64.2 Å². The van der Waals surface area contributed by atoms with Crippen molar-refractivity contribution in [1.29, 1.82) is 0 Å². The first kappa shape index (κ1) is 18.7. The van der Waals surface area contributed by atoms with Crippen LogP contribution in [0.4, 0.5) is 0 Å². The molecule has 0 radical (unpaired) electrons. The van der Waals surface area contributed by atoms with Crippen LogP contribution in [0.15, 0.2) is 17.1 Å². The molecule has 3 heteroatoms. The molecule has 0 aliphatic rings. The summed E-state index contributed by atoms with van der Waals surface area (Å²) in [4.78, 5) is 15.3. The first-order valence-corrected chi connectivity index (χ1v) is 8.54. The molecule has 1 rings (SSSR count). The Hall–Kier alpha value is -1.35. The molecule has 0 aliphatic carbocycles. The van der Waals surface area contributed by atoms with Gasteiger partial charge in [0.25, 0.3) is 0 Å². The molecule has 1 aromatic carbocycles. The second-order valence-electron chi connectivity index (χ2n) is 5.67. The Morgan fingerprint density at radius 3 is 2.32 bits per heavy atom. The van der Waals surface area contributed by atoms with Gasteiger partial charge in [-0.15, -0.1) is 0 Å². The average molecular weight is 305 g/mol. The average Bonchev–Trinajstić information content (AvgIpc) is 2.51. The molecule has 22 heavy (non-hydrogen) atoms. The van der Waals surface area contributed by atoms with E-state index in [0.717, 1.165) is 50.1 Å². The van der Waals surface area contributed by atoms with Gasteiger partial charge in [0.15, 0.2) is 5.75 Å². The summed E-state index contributed by atoms with van der Waals surface area (Å²) in [5.41, 5.74) is 5.05. The summed E-state index contributed by atoms with van der Waals surface area (Å²) >= 11 is 0. The van der Waals surface area contributed by atoms with E-state index in [-0.39, 0.29) is 0 Å². The number of aliphatic imine (C=N–C) groups is 1. The Kier molecular flexibility index (Phi) is 8.83. The molecule has 0 N–H and O–H groups in total. The van der Waals surface area contributed by atoms with Crippen molar-refractivity contribution in [1.82, 2.24) is 0 Å². The second-order valence-corrected chi connectivity index (χ2v) is 5.67. The van der Waals surface area contributed by atoms with Crippen molar-refractivity contribution in [2.45, 2.75) is 66.7 Å². The van der Waals surface area contributed by atoms with Gasteiger partial charge in [0.05, 0.1) is 6.61 Å². The quantitative estimate of drug-likeness (QED) is 0.265. The van der Waals surface area contributed by atoms with Crippen molar-refractivity contribution in [3.8, 4) is 5.75 Å². The monoisotopic (exact) mass is 305 g/mol. The molecule has 0 fully saturated rings. The van der Waals surface area contributed by atoms with Crippen molar-refractivity contribution >= 4 is 5.71 Å². The Balaban J connectivity index is 2.81. The number of aryl methyl sites for hydroxylation is 2. The van der Waals surface area contributed by atoms with Crippen molar-refractivity contribution in [3.05, 3.63) is 28.8 Å². The molecular formula is C19H31NO2. The largest absolute Gasteiger partial charge is 0.337 e. The molecule has 3 nitrogen and oxygen atoms in total. The third kappa shape index (κ3) is 5.80. The van der Waals surface area contributed by atoms with Gasteiger partial charge in [-0.05, 0) is 64.0 Å². The van der Waals surface area contributed by atoms with Gasteiger partial charge < -0.3 is 4.89 Å². The van der Waals surface area contributed by atoms with Crippen LogP contribution in [0.25, 0.3) is 0 Å². The molecule has 0 spiro atoms. The number of hydrogen-bond donors (Lipinski definition) is 0. The van der Waals surface area contributed by atoms with Crippen LogP contribution < -0.4 is 4.89 Å². The Bertz CT molecular complexity index is 477. The number of benzene rings is 1. The van der Waals surface area contributed by atoms with Crippen LogP contribution in [0, 0.1) is 0 Å². The highest BCUT2D eigenvalue weighted by Gasteiger charge is 2.13. The highest BCUT2D eigenvalue weighted by Crippen LogP contribution is 2.30. The lowest BCUT2D eigenvalue weighted by Gasteiger charge is -2.16. The first-order valence-electron chi connectivity index (χ1n) is 8.54. The molecular weight excluding hydrogens is 274 g/mol. The van der Waals surface area contributed by atoms with Gasteiger partial charge in [-0.25, -0.2) is 0 Å². The maximum absolute atomic E-state index is 5.62. The van der Waals surface area contributed by atoms with Crippen LogP contribution in [0.3, 0.4) is 0 Å². The molecule has 0 atom stereocenters. The summed E-state index contributed by atoms with van der Waals surface area (Å²) in [7, 11) is 0. The molecule has 0 aliphatic heterocycles. The predicted molar refractivity (Wildman–Crippen MR) is 94.0 cm³/mol. The van der Waals surface area contributed by atoms with Crippen molar-refractivity contribution < 1.29 is 9.78 Å². The van der Waals surface area contributed by atoms with E-state index in [1.165, 1.54) is 16.7 Å². The van der Waals surface area contributed by atoms with Crippen LogP contribution >= 0.6 is 0 Å². The molecule has 0 bridgehead atoms. The second kappa shape index (κ2) is 10.4. The van der Waals surface area contributed by atoms with Crippen LogP contribution in [0.2, 0.25) is 0 Å². The lowest BCUT2D eigenvalue weighted by atomic mass is 9.96. The van der Waals surface area contributed by atoms with Gasteiger partial charge in [-0.2, -0.15) is 4.89 Å². The maximum atomic E-state index is 5.62. The molecule has 124 valence electrons. The number of nitrogens with zero attached hydrogens (tertiary/aromatic N) is 1. The van der Waals surface area contributed by atoms with Gasteiger partial charge >= 0.3 is 0 Å². The number of unbranched alkanes of at least 4 members (excludes halogenated alkanes) is 1. The van der Waals surface area contributed by atoms with Gasteiger partial charge in [-0.3, -0.25) is 4.99 Å². The molecule has 0 heterocycles. The van der Waals surface area contributed by atoms with E-state index in [4.69, 9.17) is 9.78 Å². The van der Waals surface area contributed by atoms with Crippen molar-refractivity contribution in [2.75, 3.05) is 13.2 Å². The van der Waals surface area contributed by atoms with Gasteiger partial charge in [0.2, 0.25) is 0 Å². The molecule has 0 saturated carbocycles. The topological polar surface area (TPSA) is 30.8 Å². The summed E-state index contributed by atoms with van der Waals surface area (Å²) in [6.07, 6.45) is 5.23. The summed E-state index contributed by atoms with van der Waals surface area (Å²) in [5, 5.41) is 0. The first-order chi connectivity index (χ1) is 10.6. The smallest absolute Gasteiger partial charge is 0.172 e. The zero-order valence-electron chi connectivity index (χ0n) is 14.9. The molecule has 0 unspecified atom stereocenters. The van der Waals surface area contributed by atoms with Crippen LogP contribution in [-0.2, 0) is 24.2 Å². The predicted octanol–water partition coefficient (Wildman–Crippen LogP) is 4.95. The van der Waals surface area contributed by atoms with Crippen molar-refractivity contribution in [2.24, 2.45) is 4.99 Å². The van der Waals surface area contributed by atoms with Gasteiger partial charge in [0, 0.05) is 17.8 Å². The Morgan fingerprint density at radius 2 is 1.73 bits per heavy atom. The minimum absolute atomic E-state index is 0.559. The van der Waals surface area contributed by atoms with E-state index < -0.39 is 0 Å². The lowest BCUT2D eigenvalue weighted by Crippen LogP contribution is -2.05. The SMILES string of the molecule is CCOOc1c(CCCCN=C(C)C)ccc(CC)c1CC. The van der Waals surface area contributed by atoms with Gasteiger partial charge in [0.1, 0.15) is 0 Å². The summed E-state index contributed by atoms with van der Waals surface area (Å²) in [6.45, 7) is 11.9. The normalized spacial score (nSPS) is 10.6. The fourth-order valence-corrected chi connectivity index (χ4v) is 2.58. The van der Waals surface area contributed by atoms with E-state index in [1.54, 1.807) is 0 Å². The summed E-state index contributed by atoms with van der Waals surface area (Å²) < 4.78 is 0. The Morgan fingerprint density at radius 1 is 1.00 bits per heavy atom. The van der Waals surface area contributed by atoms with Crippen LogP contribution in [-0.4, -0.2) is 18.9 Å². The fourth-order valence-electron chi connectivity index (χ4n) is 2.58. The summed E-state index contributed by atoms with van der Waals surface area (Å²) in [5.74, 6) is 0.943. The minimum Gasteiger partial charge on any atom is -0.337 e. The standard InChI is InChI=1S/C19H31NO2/c1-6-16-12-13-17(11-9-10-14-20-15(4)5)19(18(16)7-2)22-21-8-3/h12-13H,6-11,14H2,1-5H3. The van der Waals surface area contributed by atoms with E-state index in [2.05, 4.69) is 31.0 Å². The van der Waals surface area contributed by atoms with Crippen molar-refractivity contribution in [3.63, 3.8) is 0 Å².